The van der Waals surface area contributed by atoms with E-state index in [9.17, 15) is 4.79 Å². The molecule has 1 fully saturated rings. The number of fused-ring (bicyclic) bond motifs is 1. The lowest BCUT2D eigenvalue weighted by Crippen LogP contribution is -2.53. The van der Waals surface area contributed by atoms with Crippen molar-refractivity contribution < 1.29 is 4.79 Å². The van der Waals surface area contributed by atoms with Gasteiger partial charge in [-0.25, -0.2) is 0 Å². The van der Waals surface area contributed by atoms with E-state index in [2.05, 4.69) is 39.4 Å². The first-order chi connectivity index (χ1) is 12.7. The summed E-state index contributed by atoms with van der Waals surface area (Å²) in [5.74, 6) is 0.634. The van der Waals surface area contributed by atoms with Crippen molar-refractivity contribution in [1.82, 2.24) is 24.6 Å². The van der Waals surface area contributed by atoms with Crippen molar-refractivity contribution in [2.24, 2.45) is 7.05 Å². The first-order valence-corrected chi connectivity index (χ1v) is 10.2. The van der Waals surface area contributed by atoms with Crippen molar-refractivity contribution >= 4 is 17.7 Å². The average molecular weight is 372 g/mol. The van der Waals surface area contributed by atoms with Crippen molar-refractivity contribution in [3.8, 4) is 0 Å². The molecule has 0 N–H and O–H groups in total. The lowest BCUT2D eigenvalue weighted by atomic mass is 9.87. The summed E-state index contributed by atoms with van der Waals surface area (Å²) < 4.78 is 1.84. The highest BCUT2D eigenvalue weighted by Crippen LogP contribution is 2.25. The Morgan fingerprint density at radius 3 is 2.69 bits per heavy atom. The number of carbonyl (C=O) groups excluding carboxylic acids is 1. The van der Waals surface area contributed by atoms with Crippen molar-refractivity contribution in [3.63, 3.8) is 0 Å². The highest BCUT2D eigenvalue weighted by molar-refractivity contribution is 7.99. The van der Waals surface area contributed by atoms with E-state index in [1.807, 2.05) is 16.5 Å². The molecule has 2 aromatic rings. The molecule has 26 heavy (non-hydrogen) atoms. The van der Waals surface area contributed by atoms with Gasteiger partial charge in [0.15, 0.2) is 5.16 Å². The molecule has 1 aliphatic heterocycles. The molecule has 4 rings (SSSR count). The van der Waals surface area contributed by atoms with Gasteiger partial charge in [0.1, 0.15) is 6.33 Å². The number of benzene rings is 1. The van der Waals surface area contributed by atoms with Crippen LogP contribution in [0.5, 0.6) is 0 Å². The van der Waals surface area contributed by atoms with E-state index in [1.54, 1.807) is 6.33 Å². The van der Waals surface area contributed by atoms with E-state index in [0.29, 0.717) is 11.8 Å². The molecule has 1 aromatic carbocycles. The number of thioether (sulfide) groups is 1. The molecule has 0 spiro atoms. The summed E-state index contributed by atoms with van der Waals surface area (Å²) in [4.78, 5) is 17.1. The Balaban J connectivity index is 1.26. The Labute approximate surface area is 158 Å². The predicted octanol–water partition coefficient (Wildman–Crippen LogP) is 1.61. The lowest BCUT2D eigenvalue weighted by Gasteiger charge is -2.41. The number of rotatable bonds is 4. The second kappa shape index (κ2) is 7.80. The van der Waals surface area contributed by atoms with Crippen molar-refractivity contribution in [2.75, 3.05) is 31.9 Å². The van der Waals surface area contributed by atoms with Crippen LogP contribution < -0.4 is 0 Å². The molecule has 7 heteroatoms. The minimum atomic E-state index is 0.201. The molecule has 6 nitrogen and oxygen atoms in total. The quantitative estimate of drug-likeness (QED) is 0.765. The van der Waals surface area contributed by atoms with E-state index in [4.69, 9.17) is 0 Å². The largest absolute Gasteiger partial charge is 0.339 e. The minimum absolute atomic E-state index is 0.201. The Kier molecular flexibility index (Phi) is 5.26. The van der Waals surface area contributed by atoms with Gasteiger partial charge in [-0.3, -0.25) is 9.69 Å². The van der Waals surface area contributed by atoms with Crippen LogP contribution in [0.25, 0.3) is 0 Å². The predicted molar refractivity (Wildman–Crippen MR) is 102 cm³/mol. The zero-order chi connectivity index (χ0) is 17.9. The van der Waals surface area contributed by atoms with E-state index in [-0.39, 0.29) is 5.91 Å². The normalized spacial score (nSPS) is 20.8. The molecule has 0 bridgehead atoms. The molecule has 138 valence electrons. The lowest BCUT2D eigenvalue weighted by molar-refractivity contribution is -0.130. The Hall–Kier alpha value is -1.86. The van der Waals surface area contributed by atoms with E-state index >= 15 is 0 Å². The molecule has 2 aliphatic rings. The summed E-state index contributed by atoms with van der Waals surface area (Å²) in [6, 6.07) is 9.44. The number of piperazine rings is 1. The van der Waals surface area contributed by atoms with Crippen LogP contribution in [-0.4, -0.2) is 68.4 Å². The van der Waals surface area contributed by atoms with Gasteiger partial charge in [-0.05, 0) is 30.4 Å². The van der Waals surface area contributed by atoms with Crippen molar-refractivity contribution in [2.45, 2.75) is 30.5 Å². The maximum Gasteiger partial charge on any atom is 0.233 e. The number of aromatic nitrogens is 3. The van der Waals surface area contributed by atoms with Gasteiger partial charge < -0.3 is 9.47 Å². The number of aryl methyl sites for hydroxylation is 2. The highest BCUT2D eigenvalue weighted by atomic mass is 32.2. The molecule has 1 aromatic heterocycles. The summed E-state index contributed by atoms with van der Waals surface area (Å²) >= 11 is 1.46. The molecule has 0 unspecified atom stereocenters. The number of amides is 1. The number of carbonyl (C=O) groups is 1. The van der Waals surface area contributed by atoms with Gasteiger partial charge in [0.25, 0.3) is 0 Å². The third-order valence-electron chi connectivity index (χ3n) is 5.50. The van der Waals surface area contributed by atoms with Crippen molar-refractivity contribution in [1.29, 1.82) is 0 Å². The minimum Gasteiger partial charge on any atom is -0.339 e. The van der Waals surface area contributed by atoms with Crippen LogP contribution in [0.1, 0.15) is 17.5 Å². The van der Waals surface area contributed by atoms with Crippen LogP contribution in [0.15, 0.2) is 35.7 Å². The summed E-state index contributed by atoms with van der Waals surface area (Å²) in [6.07, 6.45) is 5.21. The zero-order valence-corrected chi connectivity index (χ0v) is 16.0. The average Bonchev–Trinajstić information content (AvgIpc) is 3.10. The van der Waals surface area contributed by atoms with Crippen LogP contribution in [0.4, 0.5) is 0 Å². The fourth-order valence-corrected chi connectivity index (χ4v) is 4.74. The van der Waals surface area contributed by atoms with Crippen LogP contribution in [0, 0.1) is 0 Å². The van der Waals surface area contributed by atoms with Crippen LogP contribution in [-0.2, 0) is 24.7 Å². The fourth-order valence-electron chi connectivity index (χ4n) is 3.95. The highest BCUT2D eigenvalue weighted by Gasteiger charge is 2.28. The topological polar surface area (TPSA) is 54.3 Å². The first kappa shape index (κ1) is 17.5. The van der Waals surface area contributed by atoms with Gasteiger partial charge in [-0.2, -0.15) is 0 Å². The maximum atomic E-state index is 12.5. The van der Waals surface area contributed by atoms with Crippen LogP contribution in [0.2, 0.25) is 0 Å². The molecule has 1 saturated heterocycles. The van der Waals surface area contributed by atoms with E-state index in [0.717, 1.165) is 37.8 Å². The molecule has 1 aliphatic carbocycles. The van der Waals surface area contributed by atoms with Gasteiger partial charge >= 0.3 is 0 Å². The summed E-state index contributed by atoms with van der Waals surface area (Å²) in [5.41, 5.74) is 3.01. The smallest absolute Gasteiger partial charge is 0.233 e. The molecular weight excluding hydrogens is 346 g/mol. The molecule has 1 atom stereocenters. The molecule has 0 saturated carbocycles. The van der Waals surface area contributed by atoms with E-state index < -0.39 is 0 Å². The molecule has 2 heterocycles. The fraction of sp³-hybridized carbons (Fsp3) is 0.526. The zero-order valence-electron chi connectivity index (χ0n) is 15.2. The second-order valence-electron chi connectivity index (χ2n) is 7.10. The van der Waals surface area contributed by atoms with Gasteiger partial charge in [0.05, 0.1) is 5.75 Å². The maximum absolute atomic E-state index is 12.5. The standard InChI is InChI=1S/C19H25N5OS/c1-22-14-20-21-19(22)26-13-18(25)24-10-8-23(9-11-24)17-7-6-15-4-2-3-5-16(15)12-17/h2-5,14,17H,6-13H2,1H3/t17-/m0/s1. The van der Waals surface area contributed by atoms with Crippen LogP contribution in [0.3, 0.4) is 0 Å². The monoisotopic (exact) mass is 371 g/mol. The van der Waals surface area contributed by atoms with Crippen LogP contribution >= 0.6 is 11.8 Å². The summed E-state index contributed by atoms with van der Waals surface area (Å²) in [7, 11) is 1.90. The number of hydrogen-bond acceptors (Lipinski definition) is 5. The van der Waals surface area contributed by atoms with Gasteiger partial charge in [0, 0.05) is 39.3 Å². The third kappa shape index (κ3) is 3.78. The first-order valence-electron chi connectivity index (χ1n) is 9.26. The Bertz CT molecular complexity index is 769. The van der Waals surface area contributed by atoms with Gasteiger partial charge in [-0.1, -0.05) is 36.0 Å². The Morgan fingerprint density at radius 1 is 1.19 bits per heavy atom. The van der Waals surface area contributed by atoms with Crippen molar-refractivity contribution in [3.05, 3.63) is 41.7 Å². The Morgan fingerprint density at radius 2 is 1.96 bits per heavy atom. The number of nitrogens with zero attached hydrogens (tertiary/aromatic N) is 5. The van der Waals surface area contributed by atoms with Gasteiger partial charge in [-0.15, -0.1) is 10.2 Å². The number of hydrogen-bond donors (Lipinski definition) is 0. The second-order valence-corrected chi connectivity index (χ2v) is 8.04. The summed E-state index contributed by atoms with van der Waals surface area (Å²) in [6.45, 7) is 3.62. The van der Waals surface area contributed by atoms with E-state index in [1.165, 1.54) is 35.7 Å². The SMILES string of the molecule is Cn1cnnc1SCC(=O)N1CCN([C@H]2CCc3ccccc3C2)CC1. The third-order valence-corrected chi connectivity index (χ3v) is 6.52. The summed E-state index contributed by atoms with van der Waals surface area (Å²) in [5, 5.41) is 8.66. The van der Waals surface area contributed by atoms with Gasteiger partial charge in [0.2, 0.25) is 5.91 Å². The molecule has 1 amide bonds. The molecule has 0 radical (unpaired) electrons. The molecular formula is C19H25N5OS.